The third-order valence-corrected chi connectivity index (χ3v) is 2.53. The van der Waals surface area contributed by atoms with E-state index in [9.17, 15) is 4.79 Å². The van der Waals surface area contributed by atoms with Crippen molar-refractivity contribution in [2.24, 2.45) is 5.92 Å². The Morgan fingerprint density at radius 1 is 1.50 bits per heavy atom. The van der Waals surface area contributed by atoms with Crippen LogP contribution in [0, 0.1) is 5.92 Å². The second-order valence-electron chi connectivity index (χ2n) is 3.05. The van der Waals surface area contributed by atoms with Crippen molar-refractivity contribution < 1.29 is 9.53 Å². The van der Waals surface area contributed by atoms with Crippen LogP contribution >= 0.6 is 22.6 Å². The molecule has 0 bridgehead atoms. The predicted molar refractivity (Wildman–Crippen MR) is 58.5 cm³/mol. The normalized spacial score (nSPS) is 12.6. The van der Waals surface area contributed by atoms with Crippen LogP contribution in [0.3, 0.4) is 0 Å². The molecule has 0 fully saturated rings. The SMILES string of the molecule is COC(=O)CCC[C@H](C)CCI. The number of ether oxygens (including phenoxy) is 1. The van der Waals surface area contributed by atoms with Gasteiger partial charge in [0, 0.05) is 6.42 Å². The Labute approximate surface area is 88.2 Å². The van der Waals surface area contributed by atoms with E-state index in [2.05, 4.69) is 34.3 Å². The number of carbonyl (C=O) groups is 1. The second-order valence-corrected chi connectivity index (χ2v) is 4.13. The van der Waals surface area contributed by atoms with Gasteiger partial charge in [0.2, 0.25) is 0 Å². The lowest BCUT2D eigenvalue weighted by molar-refractivity contribution is -0.140. The summed E-state index contributed by atoms with van der Waals surface area (Å²) >= 11 is 2.38. The van der Waals surface area contributed by atoms with Gasteiger partial charge in [-0.15, -0.1) is 0 Å². The second kappa shape index (κ2) is 7.83. The monoisotopic (exact) mass is 284 g/mol. The molecule has 0 amide bonds. The molecule has 2 nitrogen and oxygen atoms in total. The van der Waals surface area contributed by atoms with E-state index in [0.29, 0.717) is 6.42 Å². The van der Waals surface area contributed by atoms with E-state index < -0.39 is 0 Å². The van der Waals surface area contributed by atoms with Gasteiger partial charge >= 0.3 is 5.97 Å². The van der Waals surface area contributed by atoms with Gasteiger partial charge in [0.15, 0.2) is 0 Å². The molecule has 3 heteroatoms. The van der Waals surface area contributed by atoms with Crippen molar-refractivity contribution in [2.75, 3.05) is 11.5 Å². The summed E-state index contributed by atoms with van der Waals surface area (Å²) in [6, 6.07) is 0. The standard InChI is InChI=1S/C9H17IO2/c1-8(6-7-10)4-3-5-9(11)12-2/h8H,3-7H2,1-2H3/t8-/m0/s1. The van der Waals surface area contributed by atoms with Crippen LogP contribution < -0.4 is 0 Å². The summed E-state index contributed by atoms with van der Waals surface area (Å²) in [4.78, 5) is 10.7. The molecule has 0 aromatic heterocycles. The number of hydrogen-bond acceptors (Lipinski definition) is 2. The summed E-state index contributed by atoms with van der Waals surface area (Å²) < 4.78 is 5.76. The van der Waals surface area contributed by atoms with Crippen LogP contribution in [0.2, 0.25) is 0 Å². The zero-order valence-corrected chi connectivity index (χ0v) is 9.96. The van der Waals surface area contributed by atoms with Crippen LogP contribution in [0.5, 0.6) is 0 Å². The van der Waals surface area contributed by atoms with E-state index in [0.717, 1.165) is 18.8 Å². The molecule has 12 heavy (non-hydrogen) atoms. The quantitative estimate of drug-likeness (QED) is 0.426. The largest absolute Gasteiger partial charge is 0.469 e. The number of rotatable bonds is 6. The summed E-state index contributed by atoms with van der Waals surface area (Å²) in [5.74, 6) is 0.656. The van der Waals surface area contributed by atoms with Crippen molar-refractivity contribution in [1.82, 2.24) is 0 Å². The van der Waals surface area contributed by atoms with Crippen molar-refractivity contribution >= 4 is 28.6 Å². The van der Waals surface area contributed by atoms with Crippen molar-refractivity contribution in [3.63, 3.8) is 0 Å². The molecule has 0 heterocycles. The first-order chi connectivity index (χ1) is 5.70. The molecule has 0 saturated heterocycles. The molecule has 0 unspecified atom stereocenters. The summed E-state index contributed by atoms with van der Waals surface area (Å²) in [5, 5.41) is 0. The fourth-order valence-electron chi connectivity index (χ4n) is 1.03. The fraction of sp³-hybridized carbons (Fsp3) is 0.889. The van der Waals surface area contributed by atoms with E-state index in [4.69, 9.17) is 0 Å². The summed E-state index contributed by atoms with van der Waals surface area (Å²) in [6.07, 6.45) is 3.92. The number of hydrogen-bond donors (Lipinski definition) is 0. The van der Waals surface area contributed by atoms with E-state index in [-0.39, 0.29) is 5.97 Å². The number of methoxy groups -OCH3 is 1. The molecular formula is C9H17IO2. The summed E-state index contributed by atoms with van der Waals surface area (Å²) in [5.41, 5.74) is 0. The Hall–Kier alpha value is 0.200. The molecule has 1 atom stereocenters. The average molecular weight is 284 g/mol. The Bertz CT molecular complexity index is 126. The average Bonchev–Trinajstić information content (AvgIpc) is 2.04. The van der Waals surface area contributed by atoms with Crippen molar-refractivity contribution in [2.45, 2.75) is 32.6 Å². The molecule has 0 rings (SSSR count). The summed E-state index contributed by atoms with van der Waals surface area (Å²) in [6.45, 7) is 2.23. The fourth-order valence-corrected chi connectivity index (χ4v) is 2.09. The predicted octanol–water partition coefficient (Wildman–Crippen LogP) is 2.79. The van der Waals surface area contributed by atoms with Gasteiger partial charge in [-0.25, -0.2) is 0 Å². The zero-order chi connectivity index (χ0) is 9.40. The lowest BCUT2D eigenvalue weighted by Crippen LogP contribution is -2.02. The van der Waals surface area contributed by atoms with Gasteiger partial charge < -0.3 is 4.74 Å². The molecule has 0 aliphatic rings. The smallest absolute Gasteiger partial charge is 0.305 e. The lowest BCUT2D eigenvalue weighted by atomic mass is 10.0. The molecule has 0 radical (unpaired) electrons. The van der Waals surface area contributed by atoms with Gasteiger partial charge in [-0.1, -0.05) is 35.9 Å². The number of carbonyl (C=O) groups excluding carboxylic acids is 1. The van der Waals surface area contributed by atoms with E-state index in [1.807, 2.05) is 0 Å². The first-order valence-electron chi connectivity index (χ1n) is 4.33. The van der Waals surface area contributed by atoms with Crippen LogP contribution in [0.15, 0.2) is 0 Å². The van der Waals surface area contributed by atoms with Gasteiger partial charge in [-0.2, -0.15) is 0 Å². The summed E-state index contributed by atoms with van der Waals surface area (Å²) in [7, 11) is 1.44. The zero-order valence-electron chi connectivity index (χ0n) is 7.81. The van der Waals surface area contributed by atoms with Gasteiger partial charge in [-0.3, -0.25) is 4.79 Å². The molecule has 0 aliphatic heterocycles. The van der Waals surface area contributed by atoms with E-state index in [1.165, 1.54) is 18.0 Å². The maximum atomic E-state index is 10.7. The van der Waals surface area contributed by atoms with Crippen LogP contribution in [0.1, 0.15) is 32.6 Å². The van der Waals surface area contributed by atoms with E-state index >= 15 is 0 Å². The van der Waals surface area contributed by atoms with Crippen LogP contribution in [0.4, 0.5) is 0 Å². The highest BCUT2D eigenvalue weighted by atomic mass is 127. The highest BCUT2D eigenvalue weighted by Gasteiger charge is 2.03. The molecule has 0 aromatic rings. The van der Waals surface area contributed by atoms with Crippen molar-refractivity contribution in [3.8, 4) is 0 Å². The minimum absolute atomic E-state index is 0.0864. The van der Waals surface area contributed by atoms with E-state index in [1.54, 1.807) is 0 Å². The first kappa shape index (κ1) is 12.2. The van der Waals surface area contributed by atoms with Crippen molar-refractivity contribution in [3.05, 3.63) is 0 Å². The number of halogens is 1. The van der Waals surface area contributed by atoms with Gasteiger partial charge in [0.05, 0.1) is 7.11 Å². The van der Waals surface area contributed by atoms with Crippen LogP contribution in [-0.4, -0.2) is 17.5 Å². The lowest BCUT2D eigenvalue weighted by Gasteiger charge is -2.07. The minimum atomic E-state index is -0.0864. The molecule has 0 saturated carbocycles. The third-order valence-electron chi connectivity index (χ3n) is 1.91. The number of alkyl halides is 1. The minimum Gasteiger partial charge on any atom is -0.469 e. The molecule has 0 spiro atoms. The molecule has 0 aromatic carbocycles. The first-order valence-corrected chi connectivity index (χ1v) is 5.86. The Morgan fingerprint density at radius 2 is 2.17 bits per heavy atom. The maximum absolute atomic E-state index is 10.7. The highest BCUT2D eigenvalue weighted by Crippen LogP contribution is 2.13. The topological polar surface area (TPSA) is 26.3 Å². The Balaban J connectivity index is 3.24. The maximum Gasteiger partial charge on any atom is 0.305 e. The highest BCUT2D eigenvalue weighted by molar-refractivity contribution is 14.1. The molecular weight excluding hydrogens is 267 g/mol. The molecule has 0 aliphatic carbocycles. The van der Waals surface area contributed by atoms with Gasteiger partial charge in [0.1, 0.15) is 0 Å². The Kier molecular flexibility index (Phi) is 7.96. The molecule has 0 N–H and O–H groups in total. The van der Waals surface area contributed by atoms with Crippen LogP contribution in [0.25, 0.3) is 0 Å². The third kappa shape index (κ3) is 6.88. The van der Waals surface area contributed by atoms with Gasteiger partial charge in [0.25, 0.3) is 0 Å². The Morgan fingerprint density at radius 3 is 2.67 bits per heavy atom. The van der Waals surface area contributed by atoms with Crippen molar-refractivity contribution in [1.29, 1.82) is 0 Å². The molecule has 72 valence electrons. The number of esters is 1. The van der Waals surface area contributed by atoms with Gasteiger partial charge in [-0.05, 0) is 23.2 Å². The van der Waals surface area contributed by atoms with Crippen LogP contribution in [-0.2, 0) is 9.53 Å².